The van der Waals surface area contributed by atoms with Crippen molar-refractivity contribution in [3.05, 3.63) is 96.1 Å². The zero-order valence-electron chi connectivity index (χ0n) is 15.8. The van der Waals surface area contributed by atoms with Crippen LogP contribution in [0.2, 0.25) is 0 Å². The van der Waals surface area contributed by atoms with Crippen LogP contribution in [0.25, 0.3) is 0 Å². The molecule has 1 atom stereocenters. The Hall–Kier alpha value is -2.75. The van der Waals surface area contributed by atoms with Gasteiger partial charge in [0.15, 0.2) is 0 Å². The van der Waals surface area contributed by atoms with Gasteiger partial charge in [-0.25, -0.2) is 0 Å². The first-order valence-corrected chi connectivity index (χ1v) is 10.1. The van der Waals surface area contributed by atoms with Crippen LogP contribution in [0.5, 0.6) is 11.5 Å². The van der Waals surface area contributed by atoms with Crippen LogP contribution in [0.4, 0.5) is 0 Å². The zero-order valence-corrected chi connectivity index (χ0v) is 16.7. The summed E-state index contributed by atoms with van der Waals surface area (Å²) in [6.07, 6.45) is 0. The molecule has 0 aromatic heterocycles. The molecule has 0 N–H and O–H groups in total. The summed E-state index contributed by atoms with van der Waals surface area (Å²) in [6.45, 7) is 6.02. The highest BCUT2D eigenvalue weighted by atomic mass is 31.2. The molecule has 0 aliphatic heterocycles. The van der Waals surface area contributed by atoms with Gasteiger partial charge in [0.2, 0.25) is 0 Å². The average molecular weight is 374 g/mol. The minimum atomic E-state index is -1.42. The molecule has 0 radical (unpaired) electrons. The molecule has 136 valence electrons. The Labute approximate surface area is 163 Å². The van der Waals surface area contributed by atoms with Gasteiger partial charge < -0.3 is 9.05 Å². The van der Waals surface area contributed by atoms with Gasteiger partial charge in [-0.15, -0.1) is 5.92 Å². The van der Waals surface area contributed by atoms with Crippen LogP contribution < -0.4 is 9.05 Å². The van der Waals surface area contributed by atoms with Crippen molar-refractivity contribution in [3.63, 3.8) is 0 Å². The molecule has 3 heteroatoms. The number of aryl methyl sites for hydroxylation is 1. The molecule has 3 aromatic rings. The number of rotatable bonds is 6. The fourth-order valence-electron chi connectivity index (χ4n) is 2.70. The molecule has 0 saturated heterocycles. The van der Waals surface area contributed by atoms with Crippen molar-refractivity contribution in [1.29, 1.82) is 0 Å². The largest absolute Gasteiger partial charge is 0.437 e. The maximum absolute atomic E-state index is 6.36. The predicted molar refractivity (Wildman–Crippen MR) is 113 cm³/mol. The molecule has 0 aliphatic carbocycles. The van der Waals surface area contributed by atoms with E-state index in [9.17, 15) is 0 Å². The minimum absolute atomic E-state index is 0.580. The lowest BCUT2D eigenvalue weighted by atomic mass is 9.99. The molecule has 0 spiro atoms. The van der Waals surface area contributed by atoms with Crippen LogP contribution in [0.1, 0.15) is 25.0 Å². The maximum Gasteiger partial charge on any atom is 0.314 e. The van der Waals surface area contributed by atoms with Crippen molar-refractivity contribution in [2.75, 3.05) is 0 Å². The van der Waals surface area contributed by atoms with E-state index in [4.69, 9.17) is 9.05 Å². The summed E-state index contributed by atoms with van der Waals surface area (Å²) >= 11 is 0. The third-order valence-corrected chi connectivity index (χ3v) is 6.06. The molecule has 0 saturated carbocycles. The summed E-state index contributed by atoms with van der Waals surface area (Å²) in [4.78, 5) is 0. The zero-order chi connectivity index (χ0) is 19.1. The minimum Gasteiger partial charge on any atom is -0.437 e. The van der Waals surface area contributed by atoms with E-state index in [0.717, 1.165) is 17.1 Å². The van der Waals surface area contributed by atoms with Crippen molar-refractivity contribution in [2.45, 2.75) is 25.9 Å². The van der Waals surface area contributed by atoms with Crippen LogP contribution in [-0.2, 0) is 5.16 Å². The Morgan fingerprint density at radius 1 is 0.741 bits per heavy atom. The lowest BCUT2D eigenvalue weighted by Crippen LogP contribution is -2.23. The van der Waals surface area contributed by atoms with Gasteiger partial charge in [0.1, 0.15) is 16.7 Å². The highest BCUT2D eigenvalue weighted by Gasteiger charge is 2.41. The summed E-state index contributed by atoms with van der Waals surface area (Å²) in [5, 5.41) is -0.580. The van der Waals surface area contributed by atoms with Gasteiger partial charge in [-0.05, 0) is 50.6 Å². The van der Waals surface area contributed by atoms with E-state index in [1.54, 1.807) is 0 Å². The SMILES string of the molecule is CC#CC(C)(c1ccc(C)cc1)P(Oc1ccccc1)Oc1ccccc1. The summed E-state index contributed by atoms with van der Waals surface area (Å²) in [7, 11) is -1.42. The van der Waals surface area contributed by atoms with Crippen molar-refractivity contribution in [2.24, 2.45) is 0 Å². The first-order chi connectivity index (χ1) is 13.1. The fourth-order valence-corrected chi connectivity index (χ4v) is 4.29. The van der Waals surface area contributed by atoms with Gasteiger partial charge >= 0.3 is 8.38 Å². The molecule has 1 unspecified atom stereocenters. The van der Waals surface area contributed by atoms with Gasteiger partial charge in [-0.3, -0.25) is 0 Å². The third-order valence-electron chi connectivity index (χ3n) is 4.21. The number of hydrogen-bond donors (Lipinski definition) is 0. The molecule has 0 heterocycles. The van der Waals surface area contributed by atoms with Crippen molar-refractivity contribution >= 4 is 8.38 Å². The second-order valence-corrected chi connectivity index (χ2v) is 8.15. The van der Waals surface area contributed by atoms with E-state index in [1.165, 1.54) is 5.56 Å². The number of hydrogen-bond acceptors (Lipinski definition) is 2. The fraction of sp³-hybridized carbons (Fsp3) is 0.167. The van der Waals surface area contributed by atoms with E-state index in [0.29, 0.717) is 0 Å². The van der Waals surface area contributed by atoms with E-state index in [2.05, 4.69) is 50.0 Å². The lowest BCUT2D eigenvalue weighted by molar-refractivity contribution is 0.464. The first kappa shape index (κ1) is 19.0. The summed E-state index contributed by atoms with van der Waals surface area (Å²) in [5.74, 6) is 7.99. The van der Waals surface area contributed by atoms with E-state index >= 15 is 0 Å². The van der Waals surface area contributed by atoms with Crippen molar-refractivity contribution in [1.82, 2.24) is 0 Å². The highest BCUT2D eigenvalue weighted by Crippen LogP contribution is 2.56. The second-order valence-electron chi connectivity index (χ2n) is 6.38. The van der Waals surface area contributed by atoms with E-state index < -0.39 is 13.5 Å². The monoisotopic (exact) mass is 374 g/mol. The van der Waals surface area contributed by atoms with Crippen LogP contribution in [0.15, 0.2) is 84.9 Å². The van der Waals surface area contributed by atoms with E-state index in [-0.39, 0.29) is 0 Å². The molecule has 0 amide bonds. The summed E-state index contributed by atoms with van der Waals surface area (Å²) in [5.41, 5.74) is 2.29. The molecular formula is C24H23O2P. The lowest BCUT2D eigenvalue weighted by Gasteiger charge is -2.32. The predicted octanol–water partition coefficient (Wildman–Crippen LogP) is 6.70. The Morgan fingerprint density at radius 3 is 1.67 bits per heavy atom. The Balaban J connectivity index is 2.03. The Morgan fingerprint density at radius 2 is 1.22 bits per heavy atom. The Kier molecular flexibility index (Phi) is 6.17. The normalized spacial score (nSPS) is 12.6. The number of benzene rings is 3. The van der Waals surface area contributed by atoms with Gasteiger partial charge in [-0.1, -0.05) is 72.1 Å². The van der Waals surface area contributed by atoms with Crippen LogP contribution in [0, 0.1) is 18.8 Å². The standard InChI is InChI=1S/C24H23O2P/c1-4-19-24(3,21-17-15-20(2)16-18-21)27(25-22-11-7-5-8-12-22)26-23-13-9-6-10-14-23/h5-18H,1-3H3. The molecule has 27 heavy (non-hydrogen) atoms. The molecule has 0 aliphatic rings. The topological polar surface area (TPSA) is 18.5 Å². The van der Waals surface area contributed by atoms with Crippen molar-refractivity contribution in [3.8, 4) is 23.3 Å². The molecule has 3 rings (SSSR count). The van der Waals surface area contributed by atoms with E-state index in [1.807, 2.05) is 67.6 Å². The molecule has 0 fully saturated rings. The molecular weight excluding hydrogens is 351 g/mol. The quantitative estimate of drug-likeness (QED) is 0.353. The average Bonchev–Trinajstić information content (AvgIpc) is 2.70. The highest BCUT2D eigenvalue weighted by molar-refractivity contribution is 7.49. The van der Waals surface area contributed by atoms with Gasteiger partial charge in [-0.2, -0.15) is 0 Å². The maximum atomic E-state index is 6.36. The molecule has 0 bridgehead atoms. The van der Waals surface area contributed by atoms with Crippen LogP contribution in [-0.4, -0.2) is 0 Å². The number of para-hydroxylation sites is 2. The second kappa shape index (κ2) is 8.76. The van der Waals surface area contributed by atoms with Gasteiger partial charge in [0.05, 0.1) is 0 Å². The summed E-state index contributed by atoms with van der Waals surface area (Å²) in [6, 6.07) is 28.0. The van der Waals surface area contributed by atoms with Crippen LogP contribution in [0.3, 0.4) is 0 Å². The van der Waals surface area contributed by atoms with Crippen LogP contribution >= 0.6 is 8.38 Å². The smallest absolute Gasteiger partial charge is 0.314 e. The molecule has 2 nitrogen and oxygen atoms in total. The third kappa shape index (κ3) is 4.70. The van der Waals surface area contributed by atoms with Gasteiger partial charge in [0, 0.05) is 0 Å². The molecule has 3 aromatic carbocycles. The van der Waals surface area contributed by atoms with Gasteiger partial charge in [0.25, 0.3) is 0 Å². The summed E-state index contributed by atoms with van der Waals surface area (Å²) < 4.78 is 12.7. The Bertz CT molecular complexity index is 870. The van der Waals surface area contributed by atoms with Crippen molar-refractivity contribution < 1.29 is 9.05 Å². The first-order valence-electron chi connectivity index (χ1n) is 8.89.